The van der Waals surface area contributed by atoms with E-state index in [2.05, 4.69) is 33.6 Å². The fourth-order valence-corrected chi connectivity index (χ4v) is 4.55. The van der Waals surface area contributed by atoms with Crippen molar-refractivity contribution >= 4 is 17.7 Å². The SMILES string of the molecule is CCCCCCCCC/C=C\C=C\[C@@H](SCCC(=O)O)[C@@H](O)c1cccc(-c2nnn[nH]2)c1. The number of thioether (sulfide) groups is 1. The molecule has 0 spiro atoms. The third-order valence-electron chi connectivity index (χ3n) is 5.31. The van der Waals surface area contributed by atoms with Gasteiger partial charge in [0, 0.05) is 11.3 Å². The summed E-state index contributed by atoms with van der Waals surface area (Å²) in [6.45, 7) is 2.24. The first-order valence-electron chi connectivity index (χ1n) is 11.8. The number of H-pyrrole nitrogens is 1. The Hall–Kier alpha value is -2.45. The highest BCUT2D eigenvalue weighted by Gasteiger charge is 2.20. The van der Waals surface area contributed by atoms with E-state index in [1.54, 1.807) is 0 Å². The van der Waals surface area contributed by atoms with Crippen molar-refractivity contribution in [3.05, 3.63) is 54.1 Å². The molecule has 1 aromatic carbocycles. The first kappa shape index (κ1) is 26.8. The average molecular weight is 473 g/mol. The van der Waals surface area contributed by atoms with Crippen LogP contribution in [0.5, 0.6) is 0 Å². The maximum absolute atomic E-state index is 11.0. The number of aliphatic carboxylic acids is 1. The molecule has 33 heavy (non-hydrogen) atoms. The highest BCUT2D eigenvalue weighted by Crippen LogP contribution is 2.30. The van der Waals surface area contributed by atoms with Crippen LogP contribution >= 0.6 is 11.8 Å². The summed E-state index contributed by atoms with van der Waals surface area (Å²) in [5.74, 6) is 0.117. The van der Waals surface area contributed by atoms with Crippen molar-refractivity contribution in [2.75, 3.05) is 5.75 Å². The zero-order chi connectivity index (χ0) is 23.7. The summed E-state index contributed by atoms with van der Waals surface area (Å²) in [7, 11) is 0. The number of unbranched alkanes of at least 4 members (excludes halogenated alkanes) is 7. The summed E-state index contributed by atoms with van der Waals surface area (Å²) < 4.78 is 0. The summed E-state index contributed by atoms with van der Waals surface area (Å²) in [5, 5.41) is 33.6. The predicted octanol–water partition coefficient (Wildman–Crippen LogP) is 5.73. The number of carboxylic acid groups (broad SMARTS) is 1. The first-order valence-corrected chi connectivity index (χ1v) is 12.9. The van der Waals surface area contributed by atoms with Crippen LogP contribution < -0.4 is 0 Å². The minimum absolute atomic E-state index is 0.0552. The Morgan fingerprint density at radius 2 is 1.94 bits per heavy atom. The highest BCUT2D eigenvalue weighted by atomic mass is 32.2. The first-order chi connectivity index (χ1) is 16.1. The lowest BCUT2D eigenvalue weighted by Gasteiger charge is -2.20. The molecular formula is C25H36N4O3S. The second-order valence-electron chi connectivity index (χ2n) is 8.02. The summed E-state index contributed by atoms with van der Waals surface area (Å²) in [6.07, 6.45) is 17.5. The molecule has 0 aliphatic heterocycles. The summed E-state index contributed by atoms with van der Waals surface area (Å²) in [4.78, 5) is 10.9. The normalized spacial score (nSPS) is 13.6. The van der Waals surface area contributed by atoms with Gasteiger partial charge in [-0.15, -0.1) is 5.10 Å². The molecule has 2 atom stereocenters. The zero-order valence-corrected chi connectivity index (χ0v) is 20.2. The van der Waals surface area contributed by atoms with Gasteiger partial charge in [-0.05, 0) is 34.9 Å². The number of carboxylic acids is 1. The number of aliphatic hydroxyl groups is 1. The maximum atomic E-state index is 11.0. The zero-order valence-electron chi connectivity index (χ0n) is 19.4. The minimum atomic E-state index is -0.839. The summed E-state index contributed by atoms with van der Waals surface area (Å²) in [6, 6.07) is 7.42. The van der Waals surface area contributed by atoms with E-state index < -0.39 is 12.1 Å². The Morgan fingerprint density at radius 1 is 1.15 bits per heavy atom. The standard InChI is InChI=1S/C25H36N4O3S/c1-2-3-4-5-6-7-8-9-10-11-12-16-22(33-18-17-23(30)31)24(32)20-14-13-15-21(19-20)25-26-28-29-27-25/h10-16,19,22,24,32H,2-9,17-18H2,1H3,(H,30,31)(H,26,27,28,29)/b11-10-,16-12+/t22-,24+/m1/s1. The van der Waals surface area contributed by atoms with Gasteiger partial charge in [0.1, 0.15) is 0 Å². The van der Waals surface area contributed by atoms with Crippen molar-refractivity contribution in [1.82, 2.24) is 20.6 Å². The quantitative estimate of drug-likeness (QED) is 0.199. The second-order valence-corrected chi connectivity index (χ2v) is 9.31. The molecule has 0 aliphatic carbocycles. The monoisotopic (exact) mass is 472 g/mol. The number of aromatic nitrogens is 4. The van der Waals surface area contributed by atoms with Gasteiger partial charge in [0.05, 0.1) is 17.8 Å². The van der Waals surface area contributed by atoms with Gasteiger partial charge >= 0.3 is 5.97 Å². The molecule has 8 heteroatoms. The number of nitrogens with zero attached hydrogens (tertiary/aromatic N) is 3. The summed E-state index contributed by atoms with van der Waals surface area (Å²) in [5.41, 5.74) is 1.51. The lowest BCUT2D eigenvalue weighted by Crippen LogP contribution is -2.14. The lowest BCUT2D eigenvalue weighted by molar-refractivity contribution is -0.136. The van der Waals surface area contributed by atoms with Crippen molar-refractivity contribution < 1.29 is 15.0 Å². The van der Waals surface area contributed by atoms with Crippen LogP contribution in [0.15, 0.2) is 48.6 Å². The molecule has 0 aliphatic rings. The average Bonchev–Trinajstić information content (AvgIpc) is 3.36. The minimum Gasteiger partial charge on any atom is -0.481 e. The van der Waals surface area contributed by atoms with Crippen molar-refractivity contribution in [3.63, 3.8) is 0 Å². The van der Waals surface area contributed by atoms with Crippen LogP contribution in [0.1, 0.15) is 76.4 Å². The van der Waals surface area contributed by atoms with E-state index in [1.165, 1.54) is 56.7 Å². The van der Waals surface area contributed by atoms with Crippen molar-refractivity contribution in [2.24, 2.45) is 0 Å². The van der Waals surface area contributed by atoms with Gasteiger partial charge in [0.25, 0.3) is 0 Å². The molecular weight excluding hydrogens is 436 g/mol. The maximum Gasteiger partial charge on any atom is 0.304 e. The third kappa shape index (κ3) is 10.8. The number of aromatic amines is 1. The van der Waals surface area contributed by atoms with Crippen molar-refractivity contribution in [2.45, 2.75) is 76.1 Å². The molecule has 0 fully saturated rings. The van der Waals surface area contributed by atoms with Gasteiger partial charge in [0.15, 0.2) is 5.82 Å². The smallest absolute Gasteiger partial charge is 0.304 e. The molecule has 2 aromatic rings. The Balaban J connectivity index is 1.91. The largest absolute Gasteiger partial charge is 0.481 e. The van der Waals surface area contributed by atoms with Gasteiger partial charge in [-0.2, -0.15) is 11.8 Å². The second kappa shape index (κ2) is 16.2. The number of nitrogens with one attached hydrogen (secondary N) is 1. The van der Waals surface area contributed by atoms with Gasteiger partial charge < -0.3 is 10.2 Å². The molecule has 7 nitrogen and oxygen atoms in total. The van der Waals surface area contributed by atoms with E-state index in [4.69, 9.17) is 5.11 Å². The van der Waals surface area contributed by atoms with Crippen LogP contribution in [-0.4, -0.2) is 47.8 Å². The third-order valence-corrected chi connectivity index (χ3v) is 6.55. The number of aliphatic hydroxyl groups excluding tert-OH is 1. The van der Waals surface area contributed by atoms with Crippen LogP contribution in [0.25, 0.3) is 11.4 Å². The fraction of sp³-hybridized carbons (Fsp3) is 0.520. The molecule has 0 saturated heterocycles. The molecule has 180 valence electrons. The molecule has 0 unspecified atom stereocenters. The molecule has 0 saturated carbocycles. The molecule has 0 bridgehead atoms. The molecule has 2 rings (SSSR count). The Labute approximate surface area is 200 Å². The van der Waals surface area contributed by atoms with E-state index in [1.807, 2.05) is 42.5 Å². The van der Waals surface area contributed by atoms with Gasteiger partial charge in [-0.1, -0.05) is 88.0 Å². The Bertz CT molecular complexity index is 855. The topological polar surface area (TPSA) is 112 Å². The van der Waals surface area contributed by atoms with Crippen molar-refractivity contribution in [3.8, 4) is 11.4 Å². The summed E-state index contributed by atoms with van der Waals surface area (Å²) >= 11 is 1.44. The van der Waals surface area contributed by atoms with E-state index in [9.17, 15) is 9.90 Å². The van der Waals surface area contributed by atoms with Crippen LogP contribution in [0.3, 0.4) is 0 Å². The van der Waals surface area contributed by atoms with Crippen molar-refractivity contribution in [1.29, 1.82) is 0 Å². The van der Waals surface area contributed by atoms with Crippen LogP contribution in [0.4, 0.5) is 0 Å². The number of hydrogen-bond acceptors (Lipinski definition) is 6. The molecule has 1 heterocycles. The fourth-order valence-electron chi connectivity index (χ4n) is 3.44. The molecule has 0 amide bonds. The van der Waals surface area contributed by atoms with E-state index >= 15 is 0 Å². The van der Waals surface area contributed by atoms with Gasteiger partial charge in [-0.25, -0.2) is 5.10 Å². The lowest BCUT2D eigenvalue weighted by atomic mass is 10.0. The Kier molecular flexibility index (Phi) is 13.2. The van der Waals surface area contributed by atoms with Crippen LogP contribution in [0.2, 0.25) is 0 Å². The number of carbonyl (C=O) groups is 1. The molecule has 0 radical (unpaired) electrons. The number of benzene rings is 1. The number of allylic oxidation sites excluding steroid dienone is 3. The number of tetrazole rings is 1. The van der Waals surface area contributed by atoms with Crippen LogP contribution in [-0.2, 0) is 4.79 Å². The van der Waals surface area contributed by atoms with E-state index in [0.717, 1.165) is 17.5 Å². The van der Waals surface area contributed by atoms with Gasteiger partial charge in [0.2, 0.25) is 0 Å². The Morgan fingerprint density at radius 3 is 2.67 bits per heavy atom. The van der Waals surface area contributed by atoms with E-state index in [0.29, 0.717) is 11.6 Å². The van der Waals surface area contributed by atoms with Crippen LogP contribution in [0, 0.1) is 0 Å². The highest BCUT2D eigenvalue weighted by molar-refractivity contribution is 8.00. The predicted molar refractivity (Wildman–Crippen MR) is 134 cm³/mol. The number of hydrogen-bond donors (Lipinski definition) is 3. The molecule has 1 aromatic heterocycles. The number of rotatable bonds is 17. The van der Waals surface area contributed by atoms with E-state index in [-0.39, 0.29) is 11.7 Å². The van der Waals surface area contributed by atoms with Gasteiger partial charge in [-0.3, -0.25) is 4.79 Å². The molecule has 3 N–H and O–H groups in total.